The molecule has 0 bridgehead atoms. The van der Waals surface area contributed by atoms with Crippen molar-refractivity contribution in [3.8, 4) is 10.7 Å². The maximum absolute atomic E-state index is 11.0. The monoisotopic (exact) mass is 261 g/mol. The fraction of sp³-hybridized carbons (Fsp3) is 0.333. The molecule has 0 spiro atoms. The van der Waals surface area contributed by atoms with Gasteiger partial charge in [-0.25, -0.2) is 9.97 Å². The van der Waals surface area contributed by atoms with Crippen LogP contribution in [0.4, 0.5) is 0 Å². The van der Waals surface area contributed by atoms with E-state index in [1.54, 1.807) is 17.9 Å². The fourth-order valence-electron chi connectivity index (χ4n) is 2.16. The summed E-state index contributed by atoms with van der Waals surface area (Å²) in [6, 6.07) is 0. The van der Waals surface area contributed by atoms with Crippen molar-refractivity contribution in [1.82, 2.24) is 15.0 Å². The second-order valence-corrected chi connectivity index (χ2v) is 5.20. The smallest absolute Gasteiger partial charge is 0.306 e. The van der Waals surface area contributed by atoms with Gasteiger partial charge in [0.25, 0.3) is 0 Å². The summed E-state index contributed by atoms with van der Waals surface area (Å²) >= 11 is 1.50. The van der Waals surface area contributed by atoms with Gasteiger partial charge in [-0.2, -0.15) is 0 Å². The van der Waals surface area contributed by atoms with Crippen LogP contribution >= 0.6 is 11.3 Å². The molecule has 6 heteroatoms. The van der Waals surface area contributed by atoms with Crippen molar-refractivity contribution >= 4 is 17.3 Å². The zero-order valence-electron chi connectivity index (χ0n) is 9.54. The van der Waals surface area contributed by atoms with Gasteiger partial charge in [-0.3, -0.25) is 9.78 Å². The molecule has 1 unspecified atom stereocenters. The van der Waals surface area contributed by atoms with Gasteiger partial charge < -0.3 is 5.11 Å². The van der Waals surface area contributed by atoms with Crippen LogP contribution in [0.2, 0.25) is 0 Å². The molecule has 0 aromatic carbocycles. The molecule has 0 radical (unpaired) electrons. The van der Waals surface area contributed by atoms with Crippen LogP contribution in [-0.4, -0.2) is 26.0 Å². The number of hydrogen-bond acceptors (Lipinski definition) is 5. The molecule has 3 rings (SSSR count). The quantitative estimate of drug-likeness (QED) is 0.891. The van der Waals surface area contributed by atoms with Crippen LogP contribution in [0.1, 0.15) is 17.7 Å². The molecule has 2 heterocycles. The van der Waals surface area contributed by atoms with Crippen molar-refractivity contribution in [3.05, 3.63) is 29.2 Å². The van der Waals surface area contributed by atoms with E-state index in [0.29, 0.717) is 25.1 Å². The molecule has 5 nitrogen and oxygen atoms in total. The topological polar surface area (TPSA) is 76.0 Å². The van der Waals surface area contributed by atoms with Crippen molar-refractivity contribution in [2.75, 3.05) is 0 Å². The number of nitrogens with zero attached hydrogens (tertiary/aromatic N) is 3. The Morgan fingerprint density at radius 1 is 1.44 bits per heavy atom. The summed E-state index contributed by atoms with van der Waals surface area (Å²) < 4.78 is 0. The van der Waals surface area contributed by atoms with Gasteiger partial charge in [0.2, 0.25) is 0 Å². The van der Waals surface area contributed by atoms with Gasteiger partial charge in [0.1, 0.15) is 0 Å². The zero-order chi connectivity index (χ0) is 12.5. The molecule has 1 N–H and O–H groups in total. The van der Waals surface area contributed by atoms with E-state index in [-0.39, 0.29) is 5.92 Å². The first-order valence-corrected chi connectivity index (χ1v) is 6.58. The molecule has 2 aromatic rings. The van der Waals surface area contributed by atoms with E-state index in [1.165, 1.54) is 11.3 Å². The molecule has 0 saturated carbocycles. The van der Waals surface area contributed by atoms with Gasteiger partial charge in [-0.15, -0.1) is 11.3 Å². The van der Waals surface area contributed by atoms with Gasteiger partial charge in [-0.1, -0.05) is 0 Å². The highest BCUT2D eigenvalue weighted by atomic mass is 32.1. The number of carboxylic acid groups (broad SMARTS) is 1. The van der Waals surface area contributed by atoms with Gasteiger partial charge in [0.05, 0.1) is 16.3 Å². The van der Waals surface area contributed by atoms with Crippen LogP contribution in [-0.2, 0) is 17.6 Å². The van der Waals surface area contributed by atoms with Crippen LogP contribution in [0.15, 0.2) is 17.9 Å². The SMILES string of the molecule is O=C(O)C1CCc2nc(-c3cncs3)ncc2C1. The van der Waals surface area contributed by atoms with E-state index in [2.05, 4.69) is 15.0 Å². The highest BCUT2D eigenvalue weighted by Gasteiger charge is 2.25. The van der Waals surface area contributed by atoms with E-state index in [9.17, 15) is 4.79 Å². The number of fused-ring (bicyclic) bond motifs is 1. The predicted molar refractivity (Wildman–Crippen MR) is 66.3 cm³/mol. The van der Waals surface area contributed by atoms with Crippen LogP contribution < -0.4 is 0 Å². The maximum Gasteiger partial charge on any atom is 0.306 e. The van der Waals surface area contributed by atoms with Crippen LogP contribution in [0, 0.1) is 5.92 Å². The Morgan fingerprint density at radius 3 is 3.06 bits per heavy atom. The van der Waals surface area contributed by atoms with Crippen molar-refractivity contribution < 1.29 is 9.90 Å². The first-order valence-electron chi connectivity index (χ1n) is 5.70. The minimum atomic E-state index is -0.729. The number of rotatable bonds is 2. The number of hydrogen-bond donors (Lipinski definition) is 1. The summed E-state index contributed by atoms with van der Waals surface area (Å²) in [5, 5.41) is 9.02. The van der Waals surface area contributed by atoms with E-state index >= 15 is 0 Å². The number of thiazole rings is 1. The Balaban J connectivity index is 1.92. The molecule has 1 aliphatic rings. The molecule has 0 fully saturated rings. The number of aliphatic carboxylic acids is 1. The summed E-state index contributed by atoms with van der Waals surface area (Å²) in [6.07, 6.45) is 5.40. The minimum Gasteiger partial charge on any atom is -0.481 e. The number of carbonyl (C=O) groups is 1. The van der Waals surface area contributed by atoms with Crippen LogP contribution in [0.25, 0.3) is 10.7 Å². The third-order valence-corrected chi connectivity index (χ3v) is 3.92. The molecule has 0 aliphatic heterocycles. The van der Waals surface area contributed by atoms with Crippen LogP contribution in [0.3, 0.4) is 0 Å². The number of aromatic nitrogens is 3. The predicted octanol–water partition coefficient (Wildman–Crippen LogP) is 1.79. The van der Waals surface area contributed by atoms with E-state index in [1.807, 2.05) is 0 Å². The van der Waals surface area contributed by atoms with Gasteiger partial charge in [0.15, 0.2) is 5.82 Å². The van der Waals surface area contributed by atoms with E-state index < -0.39 is 5.97 Å². The lowest BCUT2D eigenvalue weighted by atomic mass is 9.87. The van der Waals surface area contributed by atoms with E-state index in [4.69, 9.17) is 5.11 Å². The molecule has 0 saturated heterocycles. The van der Waals surface area contributed by atoms with Gasteiger partial charge >= 0.3 is 5.97 Å². The van der Waals surface area contributed by atoms with Crippen molar-refractivity contribution in [1.29, 1.82) is 0 Å². The molecule has 1 aliphatic carbocycles. The summed E-state index contributed by atoms with van der Waals surface area (Å²) in [6.45, 7) is 0. The molecule has 1 atom stereocenters. The van der Waals surface area contributed by atoms with E-state index in [0.717, 1.165) is 16.1 Å². The summed E-state index contributed by atoms with van der Waals surface area (Å²) in [4.78, 5) is 24.7. The normalized spacial score (nSPS) is 18.3. The average Bonchev–Trinajstić information content (AvgIpc) is 2.91. The Labute approximate surface area is 108 Å². The van der Waals surface area contributed by atoms with Crippen LogP contribution in [0.5, 0.6) is 0 Å². The number of carboxylic acids is 1. The van der Waals surface area contributed by atoms with Crippen molar-refractivity contribution in [2.45, 2.75) is 19.3 Å². The second-order valence-electron chi connectivity index (χ2n) is 4.31. The summed E-state index contributed by atoms with van der Waals surface area (Å²) in [7, 11) is 0. The van der Waals surface area contributed by atoms with Crippen molar-refractivity contribution in [2.24, 2.45) is 5.92 Å². The first kappa shape index (κ1) is 11.3. The lowest BCUT2D eigenvalue weighted by molar-refractivity contribution is -0.142. The third kappa shape index (κ3) is 1.99. The highest BCUT2D eigenvalue weighted by molar-refractivity contribution is 7.13. The number of aryl methyl sites for hydroxylation is 1. The first-order chi connectivity index (χ1) is 8.74. The molecular weight excluding hydrogens is 250 g/mol. The standard InChI is InChI=1S/C12H11N3O2S/c16-12(17)7-1-2-9-8(3-7)4-14-11(15-9)10-5-13-6-18-10/h4-7H,1-3H2,(H,16,17). The Bertz CT molecular complexity index is 583. The highest BCUT2D eigenvalue weighted by Crippen LogP contribution is 2.26. The lowest BCUT2D eigenvalue weighted by Gasteiger charge is -2.20. The summed E-state index contributed by atoms with van der Waals surface area (Å²) in [5.74, 6) is -0.340. The minimum absolute atomic E-state index is 0.296. The van der Waals surface area contributed by atoms with Gasteiger partial charge in [-0.05, 0) is 24.8 Å². The molecule has 92 valence electrons. The zero-order valence-corrected chi connectivity index (χ0v) is 10.4. The second kappa shape index (κ2) is 4.45. The molecular formula is C12H11N3O2S. The average molecular weight is 261 g/mol. The Kier molecular flexibility index (Phi) is 2.79. The maximum atomic E-state index is 11.0. The fourth-order valence-corrected chi connectivity index (χ4v) is 2.72. The lowest BCUT2D eigenvalue weighted by Crippen LogP contribution is -2.23. The Hall–Kier alpha value is -1.82. The molecule has 2 aromatic heterocycles. The molecule has 18 heavy (non-hydrogen) atoms. The molecule has 0 amide bonds. The van der Waals surface area contributed by atoms with Crippen molar-refractivity contribution in [3.63, 3.8) is 0 Å². The Morgan fingerprint density at radius 2 is 2.33 bits per heavy atom. The summed E-state index contributed by atoms with van der Waals surface area (Å²) in [5.41, 5.74) is 3.69. The van der Waals surface area contributed by atoms with Gasteiger partial charge in [0, 0.05) is 18.1 Å². The third-order valence-electron chi connectivity index (χ3n) is 3.15. The largest absolute Gasteiger partial charge is 0.481 e.